The third-order valence-corrected chi connectivity index (χ3v) is 3.08. The van der Waals surface area contributed by atoms with Crippen molar-refractivity contribution in [1.82, 2.24) is 15.0 Å². The molecule has 0 spiro atoms. The zero-order chi connectivity index (χ0) is 15.2. The molecule has 0 amide bonds. The first-order chi connectivity index (χ1) is 10.1. The first-order valence-electron chi connectivity index (χ1n) is 6.91. The number of carboxylic acid groups (broad SMARTS) is 1. The van der Waals surface area contributed by atoms with E-state index in [1.54, 1.807) is 4.68 Å². The van der Waals surface area contributed by atoms with E-state index in [4.69, 9.17) is 4.74 Å². The first-order valence-corrected chi connectivity index (χ1v) is 6.91. The average molecular weight is 289 g/mol. The number of aryl methyl sites for hydroxylation is 1. The van der Waals surface area contributed by atoms with E-state index < -0.39 is 5.97 Å². The molecule has 2 rings (SSSR count). The summed E-state index contributed by atoms with van der Waals surface area (Å²) < 4.78 is 7.24. The summed E-state index contributed by atoms with van der Waals surface area (Å²) in [4.78, 5) is 11.2. The maximum absolute atomic E-state index is 11.2. The van der Waals surface area contributed by atoms with Gasteiger partial charge in [-0.15, -0.1) is 5.10 Å². The van der Waals surface area contributed by atoms with Crippen LogP contribution < -0.4 is 4.74 Å². The molecule has 1 heterocycles. The lowest BCUT2D eigenvalue weighted by molar-refractivity contribution is 0.0687. The lowest BCUT2D eigenvalue weighted by Crippen LogP contribution is -2.12. The van der Waals surface area contributed by atoms with Crippen molar-refractivity contribution < 1.29 is 14.6 Å². The minimum atomic E-state index is -1.09. The van der Waals surface area contributed by atoms with Gasteiger partial charge in [-0.3, -0.25) is 0 Å². The van der Waals surface area contributed by atoms with Crippen LogP contribution in [0.1, 0.15) is 36.5 Å². The Morgan fingerprint density at radius 1 is 1.33 bits per heavy atom. The number of nitrogens with zero attached hydrogens (tertiary/aromatic N) is 3. The molecular formula is C15H19N3O3. The molecule has 0 unspecified atom stereocenters. The van der Waals surface area contributed by atoms with E-state index in [2.05, 4.69) is 24.2 Å². The van der Waals surface area contributed by atoms with Crippen LogP contribution in [0.3, 0.4) is 0 Å². The Balaban J connectivity index is 2.14. The van der Waals surface area contributed by atoms with Gasteiger partial charge in [0.05, 0.1) is 0 Å². The van der Waals surface area contributed by atoms with Gasteiger partial charge >= 0.3 is 5.97 Å². The van der Waals surface area contributed by atoms with Crippen LogP contribution in [0, 0.1) is 5.92 Å². The maximum Gasteiger partial charge on any atom is 0.358 e. The second-order valence-electron chi connectivity index (χ2n) is 5.20. The molecule has 0 bridgehead atoms. The van der Waals surface area contributed by atoms with Crippen molar-refractivity contribution in [1.29, 1.82) is 0 Å². The summed E-state index contributed by atoms with van der Waals surface area (Å²) in [5.41, 5.74) is 0.446. The molecule has 0 aliphatic carbocycles. The van der Waals surface area contributed by atoms with Gasteiger partial charge in [0.25, 0.3) is 0 Å². The van der Waals surface area contributed by atoms with Gasteiger partial charge in [-0.05, 0) is 24.5 Å². The van der Waals surface area contributed by atoms with Crippen molar-refractivity contribution in [3.8, 4) is 5.75 Å². The number of aromatic nitrogens is 3. The molecule has 6 heteroatoms. The van der Waals surface area contributed by atoms with Crippen LogP contribution in [0.25, 0.3) is 0 Å². The van der Waals surface area contributed by atoms with Gasteiger partial charge in [-0.1, -0.05) is 37.3 Å². The Hall–Kier alpha value is -2.37. The zero-order valence-electron chi connectivity index (χ0n) is 12.2. The number of hydrogen-bond donors (Lipinski definition) is 1. The van der Waals surface area contributed by atoms with Gasteiger partial charge in [-0.25, -0.2) is 9.48 Å². The predicted octanol–water partition coefficient (Wildman–Crippen LogP) is 2.60. The van der Waals surface area contributed by atoms with E-state index in [9.17, 15) is 9.90 Å². The van der Waals surface area contributed by atoms with E-state index >= 15 is 0 Å². The molecule has 6 nitrogen and oxygen atoms in total. The molecule has 112 valence electrons. The van der Waals surface area contributed by atoms with Gasteiger partial charge in [0.1, 0.15) is 18.1 Å². The standard InChI is InChI=1S/C15H19N3O3/c1-11(2)8-9-18-13(14(15(19)20)16-17-18)10-21-12-6-4-3-5-7-12/h3-7,11H,8-10H2,1-2H3,(H,19,20). The number of carboxylic acids is 1. The van der Waals surface area contributed by atoms with E-state index in [1.165, 1.54) is 0 Å². The molecule has 0 aliphatic heterocycles. The average Bonchev–Trinajstić information content (AvgIpc) is 2.87. The molecule has 0 fully saturated rings. The lowest BCUT2D eigenvalue weighted by atomic mass is 10.1. The molecule has 0 atom stereocenters. The highest BCUT2D eigenvalue weighted by molar-refractivity contribution is 5.86. The molecule has 0 radical (unpaired) electrons. The molecule has 1 N–H and O–H groups in total. The van der Waals surface area contributed by atoms with Crippen molar-refractivity contribution in [3.05, 3.63) is 41.7 Å². The topological polar surface area (TPSA) is 77.2 Å². The summed E-state index contributed by atoms with van der Waals surface area (Å²) in [6, 6.07) is 9.26. The Kier molecular flexibility index (Phi) is 4.92. The van der Waals surface area contributed by atoms with Gasteiger partial charge < -0.3 is 9.84 Å². The van der Waals surface area contributed by atoms with Crippen molar-refractivity contribution in [3.63, 3.8) is 0 Å². The monoisotopic (exact) mass is 289 g/mol. The first kappa shape index (κ1) is 15.0. The highest BCUT2D eigenvalue weighted by atomic mass is 16.5. The number of rotatable bonds is 7. The minimum Gasteiger partial charge on any atom is -0.487 e. The van der Waals surface area contributed by atoms with E-state index in [-0.39, 0.29) is 12.3 Å². The van der Waals surface area contributed by atoms with E-state index in [0.29, 0.717) is 23.9 Å². The fourth-order valence-corrected chi connectivity index (χ4v) is 1.87. The molecule has 2 aromatic rings. The fraction of sp³-hybridized carbons (Fsp3) is 0.400. The highest BCUT2D eigenvalue weighted by Crippen LogP contribution is 2.14. The van der Waals surface area contributed by atoms with Crippen LogP contribution in [0.15, 0.2) is 30.3 Å². The molecule has 21 heavy (non-hydrogen) atoms. The maximum atomic E-state index is 11.2. The third-order valence-electron chi connectivity index (χ3n) is 3.08. The quantitative estimate of drug-likeness (QED) is 0.847. The van der Waals surface area contributed by atoms with Crippen LogP contribution in [0.4, 0.5) is 0 Å². The van der Waals surface area contributed by atoms with Crippen molar-refractivity contribution >= 4 is 5.97 Å². The summed E-state index contributed by atoms with van der Waals surface area (Å²) in [7, 11) is 0. The molecule has 1 aromatic carbocycles. The smallest absolute Gasteiger partial charge is 0.358 e. The van der Waals surface area contributed by atoms with Crippen LogP contribution >= 0.6 is 0 Å². The van der Waals surface area contributed by atoms with Gasteiger partial charge in [0.2, 0.25) is 0 Å². The van der Waals surface area contributed by atoms with Crippen LogP contribution in [-0.4, -0.2) is 26.1 Å². The van der Waals surface area contributed by atoms with E-state index in [0.717, 1.165) is 6.42 Å². The second kappa shape index (κ2) is 6.88. The van der Waals surface area contributed by atoms with Gasteiger partial charge in [0, 0.05) is 6.54 Å². The molecular weight excluding hydrogens is 270 g/mol. The van der Waals surface area contributed by atoms with Crippen molar-refractivity contribution in [2.75, 3.05) is 0 Å². The Labute approximate surface area is 123 Å². The summed E-state index contributed by atoms with van der Waals surface area (Å²) in [5, 5.41) is 16.8. The summed E-state index contributed by atoms with van der Waals surface area (Å²) in [5.74, 6) is 0.105. The Morgan fingerprint density at radius 3 is 2.67 bits per heavy atom. The van der Waals surface area contributed by atoms with Crippen LogP contribution in [0.2, 0.25) is 0 Å². The number of hydrogen-bond acceptors (Lipinski definition) is 4. The molecule has 0 saturated carbocycles. The van der Waals surface area contributed by atoms with E-state index in [1.807, 2.05) is 30.3 Å². The fourth-order valence-electron chi connectivity index (χ4n) is 1.87. The number of ether oxygens (including phenoxy) is 1. The third kappa shape index (κ3) is 4.05. The number of para-hydroxylation sites is 1. The largest absolute Gasteiger partial charge is 0.487 e. The normalized spacial score (nSPS) is 10.8. The summed E-state index contributed by atoms with van der Waals surface area (Å²) >= 11 is 0. The van der Waals surface area contributed by atoms with Crippen LogP contribution in [-0.2, 0) is 13.2 Å². The summed E-state index contributed by atoms with van der Waals surface area (Å²) in [6.07, 6.45) is 0.904. The van der Waals surface area contributed by atoms with Gasteiger partial charge in [-0.2, -0.15) is 0 Å². The Morgan fingerprint density at radius 2 is 2.05 bits per heavy atom. The SMILES string of the molecule is CC(C)CCn1nnc(C(=O)O)c1COc1ccccc1. The predicted molar refractivity (Wildman–Crippen MR) is 77.2 cm³/mol. The molecule has 1 aromatic heterocycles. The van der Waals surface area contributed by atoms with Gasteiger partial charge in [0.15, 0.2) is 5.69 Å². The zero-order valence-corrected chi connectivity index (χ0v) is 12.2. The number of carbonyl (C=O) groups is 1. The Bertz CT molecular complexity index is 593. The highest BCUT2D eigenvalue weighted by Gasteiger charge is 2.19. The lowest BCUT2D eigenvalue weighted by Gasteiger charge is -2.10. The number of benzene rings is 1. The van der Waals surface area contributed by atoms with Crippen molar-refractivity contribution in [2.24, 2.45) is 5.92 Å². The minimum absolute atomic E-state index is 0.0466. The second-order valence-corrected chi connectivity index (χ2v) is 5.20. The van der Waals surface area contributed by atoms with Crippen molar-refractivity contribution in [2.45, 2.75) is 33.4 Å². The molecule has 0 saturated heterocycles. The number of aromatic carboxylic acids is 1. The molecule has 0 aliphatic rings. The van der Waals surface area contributed by atoms with Crippen LogP contribution in [0.5, 0.6) is 5.75 Å². The summed E-state index contributed by atoms with van der Waals surface area (Å²) in [6.45, 7) is 4.98.